The van der Waals surface area contributed by atoms with Crippen molar-refractivity contribution in [2.45, 2.75) is 38.7 Å². The molecular formula is C14H21ClO3. The van der Waals surface area contributed by atoms with Crippen molar-refractivity contribution in [2.75, 3.05) is 14.2 Å². The highest BCUT2D eigenvalue weighted by atomic mass is 35.5. The smallest absolute Gasteiger partial charge is 0.179 e. The summed E-state index contributed by atoms with van der Waals surface area (Å²) in [5.41, 5.74) is 0.699. The first kappa shape index (κ1) is 15.1. The predicted octanol–water partition coefficient (Wildman–Crippen LogP) is 3.97. The topological polar surface area (TPSA) is 38.7 Å². The van der Waals surface area contributed by atoms with E-state index >= 15 is 0 Å². The molecule has 18 heavy (non-hydrogen) atoms. The van der Waals surface area contributed by atoms with E-state index in [9.17, 15) is 5.11 Å². The number of unbranched alkanes of at least 4 members (excludes halogenated alkanes) is 2. The average molecular weight is 273 g/mol. The largest absolute Gasteiger partial charge is 0.493 e. The van der Waals surface area contributed by atoms with Crippen LogP contribution in [0.2, 0.25) is 5.02 Å². The van der Waals surface area contributed by atoms with Gasteiger partial charge in [-0.3, -0.25) is 0 Å². The molecule has 1 N–H and O–H groups in total. The van der Waals surface area contributed by atoms with Crippen LogP contribution in [0.15, 0.2) is 12.1 Å². The molecule has 4 heteroatoms. The maximum atomic E-state index is 10.1. The van der Waals surface area contributed by atoms with Gasteiger partial charge in [0.25, 0.3) is 0 Å². The van der Waals surface area contributed by atoms with Gasteiger partial charge >= 0.3 is 0 Å². The Labute approximate surface area is 114 Å². The van der Waals surface area contributed by atoms with E-state index in [-0.39, 0.29) is 0 Å². The van der Waals surface area contributed by atoms with Crippen LogP contribution in [-0.4, -0.2) is 19.3 Å². The zero-order chi connectivity index (χ0) is 13.5. The molecule has 1 aromatic rings. The van der Waals surface area contributed by atoms with Crippen LogP contribution < -0.4 is 9.47 Å². The van der Waals surface area contributed by atoms with E-state index < -0.39 is 6.10 Å². The molecule has 0 heterocycles. The Morgan fingerprint density at radius 2 is 1.94 bits per heavy atom. The summed E-state index contributed by atoms with van der Waals surface area (Å²) in [7, 11) is 3.10. The summed E-state index contributed by atoms with van der Waals surface area (Å²) in [6.07, 6.45) is 3.39. The maximum absolute atomic E-state index is 10.1. The van der Waals surface area contributed by atoms with E-state index in [0.717, 1.165) is 19.3 Å². The summed E-state index contributed by atoms with van der Waals surface area (Å²) < 4.78 is 10.4. The summed E-state index contributed by atoms with van der Waals surface area (Å²) in [4.78, 5) is 0. The monoisotopic (exact) mass is 272 g/mol. The van der Waals surface area contributed by atoms with Gasteiger partial charge in [0.1, 0.15) is 0 Å². The van der Waals surface area contributed by atoms with Gasteiger partial charge in [-0.15, -0.1) is 0 Å². The van der Waals surface area contributed by atoms with Crippen LogP contribution in [0.5, 0.6) is 11.5 Å². The molecule has 0 aromatic heterocycles. The average Bonchev–Trinajstić information content (AvgIpc) is 2.38. The van der Waals surface area contributed by atoms with Crippen molar-refractivity contribution in [1.82, 2.24) is 0 Å². The Morgan fingerprint density at radius 3 is 2.50 bits per heavy atom. The fourth-order valence-electron chi connectivity index (χ4n) is 1.91. The first-order valence-corrected chi connectivity index (χ1v) is 6.61. The molecule has 0 saturated heterocycles. The molecule has 1 aromatic carbocycles. The minimum Gasteiger partial charge on any atom is -0.493 e. The van der Waals surface area contributed by atoms with Gasteiger partial charge in [0.2, 0.25) is 0 Å². The summed E-state index contributed by atoms with van der Waals surface area (Å²) in [5.74, 6) is 1.05. The molecule has 1 rings (SSSR count). The van der Waals surface area contributed by atoms with Crippen LogP contribution in [0.25, 0.3) is 0 Å². The molecule has 0 aliphatic carbocycles. The third-order valence-electron chi connectivity index (χ3n) is 2.96. The number of methoxy groups -OCH3 is 2. The van der Waals surface area contributed by atoms with Crippen LogP contribution >= 0.6 is 11.6 Å². The van der Waals surface area contributed by atoms with Gasteiger partial charge in [0.05, 0.1) is 25.3 Å². The Kier molecular flexibility index (Phi) is 6.30. The van der Waals surface area contributed by atoms with Gasteiger partial charge < -0.3 is 14.6 Å². The second-order valence-corrected chi connectivity index (χ2v) is 4.59. The third kappa shape index (κ3) is 3.53. The second-order valence-electron chi connectivity index (χ2n) is 4.22. The van der Waals surface area contributed by atoms with E-state index in [0.29, 0.717) is 28.5 Å². The van der Waals surface area contributed by atoms with Crippen LogP contribution in [-0.2, 0) is 0 Å². The van der Waals surface area contributed by atoms with Gasteiger partial charge in [-0.25, -0.2) is 0 Å². The fraction of sp³-hybridized carbons (Fsp3) is 0.571. The van der Waals surface area contributed by atoms with E-state index in [4.69, 9.17) is 21.1 Å². The van der Waals surface area contributed by atoms with Crippen molar-refractivity contribution >= 4 is 11.6 Å². The van der Waals surface area contributed by atoms with Crippen LogP contribution in [0.4, 0.5) is 0 Å². The number of rotatable bonds is 7. The SMILES string of the molecule is CCCCCC(O)c1ccc(OC)c(OC)c1Cl. The van der Waals surface area contributed by atoms with Gasteiger partial charge in [0, 0.05) is 5.56 Å². The van der Waals surface area contributed by atoms with Crippen molar-refractivity contribution in [3.05, 3.63) is 22.7 Å². The second kappa shape index (κ2) is 7.49. The Morgan fingerprint density at radius 1 is 1.22 bits per heavy atom. The molecule has 102 valence electrons. The van der Waals surface area contributed by atoms with Crippen molar-refractivity contribution in [3.63, 3.8) is 0 Å². The van der Waals surface area contributed by atoms with Crippen molar-refractivity contribution in [3.8, 4) is 11.5 Å². The molecule has 1 atom stereocenters. The zero-order valence-corrected chi connectivity index (χ0v) is 12.0. The number of hydrogen-bond donors (Lipinski definition) is 1. The lowest BCUT2D eigenvalue weighted by molar-refractivity contribution is 0.163. The lowest BCUT2D eigenvalue weighted by Gasteiger charge is -2.16. The molecule has 0 saturated carbocycles. The molecule has 0 fully saturated rings. The van der Waals surface area contributed by atoms with Gasteiger partial charge in [0.15, 0.2) is 11.5 Å². The van der Waals surface area contributed by atoms with Crippen LogP contribution in [0.1, 0.15) is 44.3 Å². The standard InChI is InChI=1S/C14H21ClO3/c1-4-5-6-7-11(16)10-8-9-12(17-2)14(18-3)13(10)15/h8-9,11,16H,4-7H2,1-3H3. The number of halogens is 1. The molecule has 0 amide bonds. The molecule has 0 spiro atoms. The van der Waals surface area contributed by atoms with E-state index in [2.05, 4.69) is 6.92 Å². The van der Waals surface area contributed by atoms with Gasteiger partial charge in [-0.2, -0.15) is 0 Å². The summed E-state index contributed by atoms with van der Waals surface area (Å²) >= 11 is 6.24. The lowest BCUT2D eigenvalue weighted by Crippen LogP contribution is -2.01. The third-order valence-corrected chi connectivity index (χ3v) is 3.34. The summed E-state index contributed by atoms with van der Waals surface area (Å²) in [5, 5.41) is 10.6. The quantitative estimate of drug-likeness (QED) is 0.763. The fourth-order valence-corrected chi connectivity index (χ4v) is 2.26. The number of aliphatic hydroxyl groups excluding tert-OH is 1. The summed E-state index contributed by atoms with van der Waals surface area (Å²) in [6, 6.07) is 3.56. The van der Waals surface area contributed by atoms with E-state index in [1.54, 1.807) is 19.2 Å². The Hall–Kier alpha value is -0.930. The lowest BCUT2D eigenvalue weighted by atomic mass is 10.0. The molecular weight excluding hydrogens is 252 g/mol. The predicted molar refractivity (Wildman–Crippen MR) is 73.7 cm³/mol. The van der Waals surface area contributed by atoms with Crippen LogP contribution in [0.3, 0.4) is 0 Å². The molecule has 1 unspecified atom stereocenters. The first-order chi connectivity index (χ1) is 8.65. The van der Waals surface area contributed by atoms with Crippen molar-refractivity contribution < 1.29 is 14.6 Å². The highest BCUT2D eigenvalue weighted by Crippen LogP contribution is 2.40. The minimum absolute atomic E-state index is 0.431. The van der Waals surface area contributed by atoms with Gasteiger partial charge in [-0.1, -0.05) is 43.9 Å². The Bertz CT molecular complexity index is 380. The van der Waals surface area contributed by atoms with E-state index in [1.807, 2.05) is 0 Å². The van der Waals surface area contributed by atoms with Crippen molar-refractivity contribution in [2.24, 2.45) is 0 Å². The molecule has 0 bridgehead atoms. The molecule has 0 aliphatic heterocycles. The molecule has 0 radical (unpaired) electrons. The number of hydrogen-bond acceptors (Lipinski definition) is 3. The highest BCUT2D eigenvalue weighted by Gasteiger charge is 2.18. The zero-order valence-electron chi connectivity index (χ0n) is 11.2. The number of aliphatic hydroxyl groups is 1. The van der Waals surface area contributed by atoms with Gasteiger partial charge in [-0.05, 0) is 12.5 Å². The highest BCUT2D eigenvalue weighted by molar-refractivity contribution is 6.33. The van der Waals surface area contributed by atoms with Crippen LogP contribution in [0, 0.1) is 0 Å². The number of ether oxygens (including phenoxy) is 2. The maximum Gasteiger partial charge on any atom is 0.179 e. The molecule has 0 aliphatic rings. The number of benzene rings is 1. The summed E-state index contributed by atoms with van der Waals surface area (Å²) in [6.45, 7) is 2.13. The normalized spacial score (nSPS) is 12.3. The van der Waals surface area contributed by atoms with E-state index in [1.165, 1.54) is 7.11 Å². The van der Waals surface area contributed by atoms with Crippen molar-refractivity contribution in [1.29, 1.82) is 0 Å². The first-order valence-electron chi connectivity index (χ1n) is 6.24. The Balaban J connectivity index is 2.89. The minimum atomic E-state index is -0.552. The molecule has 3 nitrogen and oxygen atoms in total.